The van der Waals surface area contributed by atoms with Crippen LogP contribution in [0.15, 0.2) is 0 Å². The lowest BCUT2D eigenvalue weighted by Gasteiger charge is -2.35. The summed E-state index contributed by atoms with van der Waals surface area (Å²) in [6, 6.07) is 1.43. The highest BCUT2D eigenvalue weighted by Gasteiger charge is 2.31. The smallest absolute Gasteiger partial charge is 0.221 e. The van der Waals surface area contributed by atoms with Crippen LogP contribution in [0.25, 0.3) is 0 Å². The first-order chi connectivity index (χ1) is 9.15. The number of rotatable bonds is 6. The predicted octanol–water partition coefficient (Wildman–Crippen LogP) is 1.37. The zero-order valence-corrected chi connectivity index (χ0v) is 12.5. The van der Waals surface area contributed by atoms with Gasteiger partial charge in [0.05, 0.1) is 0 Å². The van der Waals surface area contributed by atoms with Gasteiger partial charge in [0.25, 0.3) is 0 Å². The van der Waals surface area contributed by atoms with E-state index >= 15 is 0 Å². The molecule has 0 aliphatic carbocycles. The van der Waals surface area contributed by atoms with Gasteiger partial charge in [-0.25, -0.2) is 0 Å². The molecule has 2 aliphatic rings. The first-order valence-corrected chi connectivity index (χ1v) is 7.89. The van der Waals surface area contributed by atoms with Crippen molar-refractivity contribution >= 4 is 5.91 Å². The van der Waals surface area contributed by atoms with Gasteiger partial charge in [-0.15, -0.1) is 0 Å². The van der Waals surface area contributed by atoms with E-state index in [1.807, 2.05) is 0 Å². The third kappa shape index (κ3) is 4.77. The normalized spacial score (nSPS) is 27.5. The molecule has 2 heterocycles. The predicted molar refractivity (Wildman–Crippen MR) is 78.1 cm³/mol. The molecule has 0 aromatic heterocycles. The minimum atomic E-state index is 0.180. The van der Waals surface area contributed by atoms with Gasteiger partial charge < -0.3 is 15.5 Å². The summed E-state index contributed by atoms with van der Waals surface area (Å²) in [6.07, 6.45) is 5.86. The Morgan fingerprint density at radius 1 is 1.32 bits per heavy atom. The lowest BCUT2D eigenvalue weighted by molar-refractivity contribution is -0.121. The maximum Gasteiger partial charge on any atom is 0.221 e. The summed E-state index contributed by atoms with van der Waals surface area (Å²) in [5.41, 5.74) is 0. The number of amides is 1. The van der Waals surface area contributed by atoms with Crippen molar-refractivity contribution in [3.05, 3.63) is 0 Å². The Kier molecular flexibility index (Phi) is 5.64. The molecule has 2 atom stereocenters. The maximum atomic E-state index is 11.6. The van der Waals surface area contributed by atoms with Crippen molar-refractivity contribution < 1.29 is 4.79 Å². The molecule has 0 aromatic rings. The Balaban J connectivity index is 1.57. The lowest BCUT2D eigenvalue weighted by Crippen LogP contribution is -2.46. The van der Waals surface area contributed by atoms with Gasteiger partial charge in [0.15, 0.2) is 0 Å². The molecule has 2 N–H and O–H groups in total. The standard InChI is InChI=1S/C15H29N3O/c1-12(2)11-17-15(19)5-7-16-13-6-9-18-8-3-4-14(18)10-13/h12-14,16H,3-11H2,1-2H3,(H,17,19). The van der Waals surface area contributed by atoms with Gasteiger partial charge in [0.2, 0.25) is 5.91 Å². The summed E-state index contributed by atoms with van der Waals surface area (Å²) < 4.78 is 0. The molecule has 0 saturated carbocycles. The number of nitrogens with zero attached hydrogens (tertiary/aromatic N) is 1. The second-order valence-corrected chi connectivity index (χ2v) is 6.46. The highest BCUT2D eigenvalue weighted by Crippen LogP contribution is 2.26. The molecule has 0 bridgehead atoms. The second-order valence-electron chi connectivity index (χ2n) is 6.46. The van der Waals surface area contributed by atoms with Crippen molar-refractivity contribution in [2.75, 3.05) is 26.2 Å². The molecule has 2 rings (SSSR count). The van der Waals surface area contributed by atoms with Crippen LogP contribution in [-0.4, -0.2) is 49.1 Å². The first-order valence-electron chi connectivity index (χ1n) is 7.89. The highest BCUT2D eigenvalue weighted by molar-refractivity contribution is 5.76. The van der Waals surface area contributed by atoms with Crippen molar-refractivity contribution in [1.82, 2.24) is 15.5 Å². The van der Waals surface area contributed by atoms with Crippen molar-refractivity contribution in [3.63, 3.8) is 0 Å². The molecule has 0 radical (unpaired) electrons. The van der Waals surface area contributed by atoms with Crippen molar-refractivity contribution in [2.45, 2.75) is 58.0 Å². The number of fused-ring (bicyclic) bond motifs is 1. The Labute approximate surface area is 117 Å². The fourth-order valence-electron chi connectivity index (χ4n) is 3.21. The third-order valence-corrected chi connectivity index (χ3v) is 4.31. The van der Waals surface area contributed by atoms with E-state index in [4.69, 9.17) is 0 Å². The molecule has 2 aliphatic heterocycles. The molecule has 2 unspecified atom stereocenters. The summed E-state index contributed by atoms with van der Waals surface area (Å²) in [5, 5.41) is 6.53. The van der Waals surface area contributed by atoms with E-state index in [1.165, 1.54) is 38.8 Å². The van der Waals surface area contributed by atoms with E-state index < -0.39 is 0 Å². The van der Waals surface area contributed by atoms with Crippen LogP contribution in [-0.2, 0) is 4.79 Å². The van der Waals surface area contributed by atoms with Crippen molar-refractivity contribution in [2.24, 2.45) is 5.92 Å². The minimum absolute atomic E-state index is 0.180. The van der Waals surface area contributed by atoms with Crippen LogP contribution in [0.3, 0.4) is 0 Å². The summed E-state index contributed by atoms with van der Waals surface area (Å²) in [4.78, 5) is 14.2. The summed E-state index contributed by atoms with van der Waals surface area (Å²) in [7, 11) is 0. The van der Waals surface area contributed by atoms with E-state index in [9.17, 15) is 4.79 Å². The molecular formula is C15H29N3O. The van der Waals surface area contributed by atoms with Gasteiger partial charge in [-0.3, -0.25) is 4.79 Å². The summed E-state index contributed by atoms with van der Waals surface area (Å²) in [6.45, 7) is 8.39. The van der Waals surface area contributed by atoms with Gasteiger partial charge in [0.1, 0.15) is 0 Å². The average Bonchev–Trinajstić information content (AvgIpc) is 2.83. The van der Waals surface area contributed by atoms with E-state index in [2.05, 4.69) is 29.4 Å². The van der Waals surface area contributed by atoms with Crippen LogP contribution in [0.1, 0.15) is 46.0 Å². The third-order valence-electron chi connectivity index (χ3n) is 4.31. The fraction of sp³-hybridized carbons (Fsp3) is 0.933. The number of carbonyl (C=O) groups excluding carboxylic acids is 1. The zero-order valence-electron chi connectivity index (χ0n) is 12.5. The molecule has 2 fully saturated rings. The number of carbonyl (C=O) groups is 1. The molecular weight excluding hydrogens is 238 g/mol. The summed E-state index contributed by atoms with van der Waals surface area (Å²) in [5.74, 6) is 0.711. The number of nitrogens with one attached hydrogen (secondary N) is 2. The largest absolute Gasteiger partial charge is 0.356 e. The van der Waals surface area contributed by atoms with E-state index in [1.54, 1.807) is 0 Å². The van der Waals surface area contributed by atoms with Crippen LogP contribution in [0.5, 0.6) is 0 Å². The zero-order chi connectivity index (χ0) is 13.7. The van der Waals surface area contributed by atoms with Gasteiger partial charge in [-0.2, -0.15) is 0 Å². The van der Waals surface area contributed by atoms with Crippen molar-refractivity contribution in [3.8, 4) is 0 Å². The lowest BCUT2D eigenvalue weighted by atomic mass is 9.97. The Bertz CT molecular complexity index is 293. The minimum Gasteiger partial charge on any atom is -0.356 e. The quantitative estimate of drug-likeness (QED) is 0.764. The highest BCUT2D eigenvalue weighted by atomic mass is 16.1. The molecule has 110 valence electrons. The molecule has 4 heteroatoms. The van der Waals surface area contributed by atoms with Crippen LogP contribution in [0.4, 0.5) is 0 Å². The van der Waals surface area contributed by atoms with Crippen LogP contribution < -0.4 is 10.6 Å². The molecule has 4 nitrogen and oxygen atoms in total. The molecule has 0 spiro atoms. The fourth-order valence-corrected chi connectivity index (χ4v) is 3.21. The average molecular weight is 267 g/mol. The Morgan fingerprint density at radius 2 is 2.16 bits per heavy atom. The molecule has 19 heavy (non-hydrogen) atoms. The van der Waals surface area contributed by atoms with Crippen LogP contribution in [0.2, 0.25) is 0 Å². The SMILES string of the molecule is CC(C)CNC(=O)CCNC1CCN2CCCC2C1. The van der Waals surface area contributed by atoms with E-state index in [-0.39, 0.29) is 5.91 Å². The van der Waals surface area contributed by atoms with E-state index in [0.29, 0.717) is 18.4 Å². The first kappa shape index (κ1) is 14.8. The van der Waals surface area contributed by atoms with Gasteiger partial charge in [-0.1, -0.05) is 13.8 Å². The Morgan fingerprint density at radius 3 is 2.95 bits per heavy atom. The maximum absolute atomic E-state index is 11.6. The number of piperidine rings is 1. The van der Waals surface area contributed by atoms with Crippen molar-refractivity contribution in [1.29, 1.82) is 0 Å². The summed E-state index contributed by atoms with van der Waals surface area (Å²) >= 11 is 0. The molecule has 0 aromatic carbocycles. The number of hydrogen-bond donors (Lipinski definition) is 2. The monoisotopic (exact) mass is 267 g/mol. The Hall–Kier alpha value is -0.610. The molecule has 2 saturated heterocycles. The van der Waals surface area contributed by atoms with Crippen LogP contribution in [0, 0.1) is 5.92 Å². The molecule has 1 amide bonds. The number of hydrogen-bond acceptors (Lipinski definition) is 3. The topological polar surface area (TPSA) is 44.4 Å². The van der Waals surface area contributed by atoms with Gasteiger partial charge in [0, 0.05) is 31.6 Å². The second kappa shape index (κ2) is 7.25. The van der Waals surface area contributed by atoms with Crippen LogP contribution >= 0.6 is 0 Å². The van der Waals surface area contributed by atoms with Gasteiger partial charge in [-0.05, 0) is 44.7 Å². The van der Waals surface area contributed by atoms with Gasteiger partial charge >= 0.3 is 0 Å². The van der Waals surface area contributed by atoms with E-state index in [0.717, 1.165) is 19.1 Å².